The highest BCUT2D eigenvalue weighted by atomic mass is 32.3. The second-order valence-corrected chi connectivity index (χ2v) is 27.6. The van der Waals surface area contributed by atoms with Gasteiger partial charge in [-0.05, 0) is 102 Å². The van der Waals surface area contributed by atoms with E-state index in [0.29, 0.717) is 59.5 Å². The maximum absolute atomic E-state index is 14.0. The van der Waals surface area contributed by atoms with Crippen molar-refractivity contribution in [3.05, 3.63) is 107 Å². The molecule has 0 saturated carbocycles. The number of aromatic nitrogens is 6. The van der Waals surface area contributed by atoms with E-state index in [0.717, 1.165) is 74.8 Å². The summed E-state index contributed by atoms with van der Waals surface area (Å²) in [6, 6.07) is 8.49. The Bertz CT molecular complexity index is 3980. The number of nitrogens with zero attached hydrogens (tertiary/aromatic N) is 10. The topological polar surface area (TPSA) is 517 Å². The van der Waals surface area contributed by atoms with Gasteiger partial charge in [-0.15, -0.1) is 40.6 Å². The molecule has 16 N–H and O–H groups in total. The molecule has 0 aliphatic carbocycles. The van der Waals surface area contributed by atoms with Gasteiger partial charge >= 0.3 is 22.3 Å². The number of aliphatic carboxylic acids is 2. The van der Waals surface area contributed by atoms with Crippen LogP contribution in [0.3, 0.4) is 0 Å². The average Bonchev–Trinajstić information content (AvgIpc) is 1.40. The van der Waals surface area contributed by atoms with E-state index >= 15 is 0 Å². The minimum Gasteiger partial charge on any atom is -0.489 e. The molecular formula is C60H76N20O18S3+2. The number of ether oxygens (including phenoxy) is 2. The number of hydrogen-bond donors (Lipinski definition) is 12. The van der Waals surface area contributed by atoms with Crippen LogP contribution in [0.5, 0.6) is 11.5 Å². The Kier molecular flexibility index (Phi) is 22.9. The van der Waals surface area contributed by atoms with E-state index in [4.69, 9.17) is 50.7 Å². The highest BCUT2D eigenvalue weighted by Crippen LogP contribution is 2.37. The van der Waals surface area contributed by atoms with E-state index in [-0.39, 0.29) is 44.3 Å². The highest BCUT2D eigenvalue weighted by Gasteiger charge is 2.61. The first kappa shape index (κ1) is 73.4. The number of carbonyl (C=O) groups excluding carboxylic acids is 6. The van der Waals surface area contributed by atoms with Crippen molar-refractivity contribution in [3.8, 4) is 11.5 Å². The maximum Gasteiger partial charge on any atom is 0.442 e. The fraction of sp³-hybridized carbons (Fsp3) is 0.433. The van der Waals surface area contributed by atoms with Gasteiger partial charge in [0.05, 0.1) is 36.6 Å². The molecule has 4 fully saturated rings. The van der Waals surface area contributed by atoms with Crippen molar-refractivity contribution < 1.29 is 94.1 Å². The Balaban J connectivity index is 0.711. The molecule has 6 aromatic rings. The van der Waals surface area contributed by atoms with Gasteiger partial charge in [0.25, 0.3) is 47.7 Å². The summed E-state index contributed by atoms with van der Waals surface area (Å²) in [4.78, 5) is 125. The normalized spacial score (nSPS) is 18.0. The van der Waals surface area contributed by atoms with E-state index in [1.165, 1.54) is 87.0 Å². The Morgan fingerprint density at radius 2 is 1.02 bits per heavy atom. The largest absolute Gasteiger partial charge is 0.489 e. The lowest BCUT2D eigenvalue weighted by Gasteiger charge is -2.52. The predicted octanol–water partition coefficient (Wildman–Crippen LogP) is -1.89. The number of thiazole rings is 2. The second-order valence-electron chi connectivity index (χ2n) is 24.7. The van der Waals surface area contributed by atoms with Crippen LogP contribution in [0.1, 0.15) is 72.6 Å². The van der Waals surface area contributed by atoms with Crippen molar-refractivity contribution in [1.29, 1.82) is 0 Å². The van der Waals surface area contributed by atoms with Gasteiger partial charge in [-0.2, -0.15) is 27.9 Å². The predicted molar refractivity (Wildman–Crippen MR) is 357 cm³/mol. The molecule has 4 aliphatic rings. The van der Waals surface area contributed by atoms with Crippen LogP contribution in [-0.4, -0.2) is 195 Å². The number of amides is 6. The van der Waals surface area contributed by atoms with E-state index in [1.807, 2.05) is 43.5 Å². The van der Waals surface area contributed by atoms with Gasteiger partial charge in [0.15, 0.2) is 34.8 Å². The van der Waals surface area contributed by atoms with Crippen LogP contribution in [0.15, 0.2) is 94.4 Å². The van der Waals surface area contributed by atoms with E-state index in [1.54, 1.807) is 0 Å². The smallest absolute Gasteiger partial charge is 0.442 e. The zero-order valence-corrected chi connectivity index (χ0v) is 57.3. The molecule has 4 atom stereocenters. The van der Waals surface area contributed by atoms with Gasteiger partial charge in [0.2, 0.25) is 12.4 Å². The number of anilines is 4. The van der Waals surface area contributed by atoms with Gasteiger partial charge in [-0.1, -0.05) is 10.3 Å². The zero-order valence-electron chi connectivity index (χ0n) is 54.9. The van der Waals surface area contributed by atoms with Crippen LogP contribution in [-0.2, 0) is 83.6 Å². The summed E-state index contributed by atoms with van der Waals surface area (Å²) in [6.45, 7) is 11.3. The summed E-state index contributed by atoms with van der Waals surface area (Å²) >= 11 is 1.76. The minimum absolute atomic E-state index is 0.0408. The molecule has 2 aromatic carbocycles. The number of aryl methyl sites for hydroxylation is 2. The van der Waals surface area contributed by atoms with Crippen molar-refractivity contribution in [2.75, 3.05) is 74.6 Å². The molecule has 0 bridgehead atoms. The zero-order chi connectivity index (χ0) is 72.5. The Morgan fingerprint density at radius 1 is 0.644 bits per heavy atom. The number of nitrogens with two attached hydrogens (primary N) is 4. The van der Waals surface area contributed by atoms with Crippen LogP contribution < -0.4 is 73.7 Å². The van der Waals surface area contributed by atoms with Crippen molar-refractivity contribution in [1.82, 2.24) is 50.7 Å². The van der Waals surface area contributed by atoms with Crippen LogP contribution in [0.25, 0.3) is 0 Å². The van der Waals surface area contributed by atoms with Crippen LogP contribution in [0, 0.1) is 11.8 Å². The van der Waals surface area contributed by atoms with Gasteiger partial charge in [0, 0.05) is 59.9 Å². The fourth-order valence-corrected chi connectivity index (χ4v) is 12.6. The molecule has 101 heavy (non-hydrogen) atoms. The third kappa shape index (κ3) is 17.7. The van der Waals surface area contributed by atoms with Gasteiger partial charge < -0.3 is 84.2 Å². The molecule has 4 aromatic heterocycles. The first-order chi connectivity index (χ1) is 48.1. The number of oxime groups is 2. The molecule has 0 spiro atoms. The molecule has 10 rings (SSSR count). The number of nitrogens with one attached hydrogen (secondary N) is 6. The number of carboxylic acid groups (broad SMARTS) is 2. The third-order valence-electron chi connectivity index (χ3n) is 16.5. The minimum atomic E-state index is -5.41. The number of benzene rings is 2. The summed E-state index contributed by atoms with van der Waals surface area (Å²) in [6.07, 6.45) is 5.15. The summed E-state index contributed by atoms with van der Waals surface area (Å²) in [5.41, 5.74) is 19.7. The SMILES string of the molecule is CC1(C)[C@H](NC(=O)/C(=N\O[C@@H](COc2ccc(C(=O)Nc3cn(CCCN)[n+](CC4CNC4)c3)cc2)C(=O)O)c2csc(N)n2)C(=O)N1OS(=O)(=O)ON1C(=O)[C@@H](NC(=O)/C(=N\O[C@@H](COc2ccc(C(=O)Nc3cn(CCCN)[n+](CC4CNC4)c3)cc2)C(=O)O)c2csc(N)n2)C1(C)C. The maximum atomic E-state index is 14.0. The molecule has 0 radical (unpaired) electrons. The molecule has 540 valence electrons. The molecule has 4 saturated heterocycles. The molecule has 4 aliphatic heterocycles. The van der Waals surface area contributed by atoms with Gasteiger partial charge in [-0.3, -0.25) is 28.8 Å². The summed E-state index contributed by atoms with van der Waals surface area (Å²) in [5, 5.41) is 48.0. The van der Waals surface area contributed by atoms with Crippen molar-refractivity contribution in [2.45, 2.75) is 102 Å². The molecule has 41 heteroatoms. The van der Waals surface area contributed by atoms with Crippen molar-refractivity contribution in [2.24, 2.45) is 33.6 Å². The van der Waals surface area contributed by atoms with Gasteiger partial charge in [0.1, 0.15) is 59.6 Å². The summed E-state index contributed by atoms with van der Waals surface area (Å²) < 4.78 is 56.5. The Hall–Kier alpha value is -10.3. The lowest BCUT2D eigenvalue weighted by molar-refractivity contribution is -0.781. The Morgan fingerprint density at radius 3 is 1.33 bits per heavy atom. The number of rotatable bonds is 36. The van der Waals surface area contributed by atoms with Crippen LogP contribution >= 0.6 is 22.7 Å². The first-order valence-corrected chi connectivity index (χ1v) is 34.6. The Labute approximate surface area is 584 Å². The molecule has 0 unspecified atom stereocenters. The fourth-order valence-electron chi connectivity index (χ4n) is 10.6. The molecule has 38 nitrogen and oxygen atoms in total. The standard InChI is InChI=1S/C60H74N20O18S3/c1-59(2)47(71-51(83)45(41-31-99-57(63)69-41)73-95-43(55(87)88)29-93-39-11-7-35(8-12-39)49(81)67-37-25-75(17-5-15-61)77(27-37)23-33-19-65-20-33)53(85)79(59)97-101(91,92)98-80-54(86)48(60(80,3)4)72-52(84)46(42-32-100-58(64)70-42)74-96-44(56(89)90)30-94-40-13-9-36(10-14-40)50(82)68-38-26-76(18-6-16-62)78(28-38)24-34-21-66-22-34/h7-14,25-28,31-34,43-44,47-48,65-66H,5-6,15-24,29-30,61-62H2,1-4H3,(H8-2,63,64,67,68,69,70,71,72,81,82,83,84,87,88,89,90)/p+2/b73-45-,74-46-/t43-,44-,47+,48+/m0/s1. The highest BCUT2D eigenvalue weighted by molar-refractivity contribution is 7.81. The molecular weight excluding hydrogens is 1380 g/mol. The molecule has 6 amide bonds. The summed E-state index contributed by atoms with van der Waals surface area (Å²) in [5.74, 6) is -7.42. The number of hydrogen-bond acceptors (Lipinski definition) is 28. The number of carboxylic acids is 2. The number of nitrogen functional groups attached to an aromatic ring is 2. The van der Waals surface area contributed by atoms with E-state index in [2.05, 4.69) is 52.2 Å². The monoisotopic (exact) mass is 1460 g/mol. The number of β-lactam (4-membered cyclic amide) rings is 2. The van der Waals surface area contributed by atoms with E-state index < -0.39 is 118 Å². The number of carbonyl (C=O) groups is 8. The summed E-state index contributed by atoms with van der Waals surface area (Å²) in [7, 11) is -5.41. The van der Waals surface area contributed by atoms with Crippen molar-refractivity contribution >= 4 is 114 Å². The molecule has 8 heterocycles. The third-order valence-corrected chi connectivity index (χ3v) is 18.5. The average molecular weight is 1460 g/mol. The number of hydroxylamine groups is 4. The lowest BCUT2D eigenvalue weighted by atomic mass is 9.84. The quantitative estimate of drug-likeness (QED) is 0.00885. The van der Waals surface area contributed by atoms with Crippen LogP contribution in [0.4, 0.5) is 21.6 Å². The van der Waals surface area contributed by atoms with Crippen LogP contribution in [0.2, 0.25) is 0 Å². The first-order valence-electron chi connectivity index (χ1n) is 31.5. The van der Waals surface area contributed by atoms with Crippen molar-refractivity contribution in [3.63, 3.8) is 0 Å². The second kappa shape index (κ2) is 31.5. The van der Waals surface area contributed by atoms with Gasteiger partial charge in [-0.25, -0.2) is 19.6 Å². The lowest BCUT2D eigenvalue weighted by Crippen LogP contribution is -2.78. The van der Waals surface area contributed by atoms with E-state index in [9.17, 15) is 57.0 Å².